The van der Waals surface area contributed by atoms with Gasteiger partial charge in [-0.25, -0.2) is 4.79 Å². The second-order valence-corrected chi connectivity index (χ2v) is 13.2. The molecule has 4 atom stereocenters. The Morgan fingerprint density at radius 3 is 2.22 bits per heavy atom. The number of fused-ring (bicyclic) bond motifs is 1. The van der Waals surface area contributed by atoms with Crippen molar-refractivity contribution in [3.63, 3.8) is 0 Å². The highest BCUT2D eigenvalue weighted by molar-refractivity contribution is 5.85. The highest BCUT2D eigenvalue weighted by Crippen LogP contribution is 2.47. The molecule has 254 valence electrons. The summed E-state index contributed by atoms with van der Waals surface area (Å²) in [6.45, 7) is 9.36. The minimum atomic E-state index is -1.16. The standard InChI is InChI=1S/C35H56N2O8/c1-5-6-7-8-9-10-11-12-13-16-23-41-26-35-32(44-34(2,3)45-35)31(29(43-35)25-37-21-14-15-22-37)42-33(39)36-28-19-17-27(18-20-28)24-30(38)40-4/h17-20,29,31-32H,5-16,21-26H2,1-4H3,(H,36,39)/t29-,31+,32-,35-/m0/s1. The number of nitrogens with zero attached hydrogens (tertiary/aromatic N) is 1. The lowest BCUT2D eigenvalue weighted by molar-refractivity contribution is -0.278. The van der Waals surface area contributed by atoms with Crippen molar-refractivity contribution in [1.82, 2.24) is 4.90 Å². The van der Waals surface area contributed by atoms with Crippen molar-refractivity contribution in [1.29, 1.82) is 0 Å². The van der Waals surface area contributed by atoms with Crippen LogP contribution in [0.2, 0.25) is 0 Å². The van der Waals surface area contributed by atoms with Crippen molar-refractivity contribution >= 4 is 17.7 Å². The molecule has 0 radical (unpaired) electrons. The summed E-state index contributed by atoms with van der Waals surface area (Å²) in [7, 11) is 1.36. The highest BCUT2D eigenvalue weighted by atomic mass is 16.9. The fourth-order valence-electron chi connectivity index (χ4n) is 6.59. The van der Waals surface area contributed by atoms with Gasteiger partial charge in [0.1, 0.15) is 12.7 Å². The minimum Gasteiger partial charge on any atom is -0.469 e. The molecular weight excluding hydrogens is 576 g/mol. The van der Waals surface area contributed by atoms with Gasteiger partial charge in [-0.2, -0.15) is 0 Å². The number of ether oxygens (including phenoxy) is 6. The average molecular weight is 633 g/mol. The van der Waals surface area contributed by atoms with Gasteiger partial charge in [-0.05, 0) is 63.9 Å². The van der Waals surface area contributed by atoms with Crippen LogP contribution in [0.15, 0.2) is 24.3 Å². The molecule has 3 aliphatic rings. The first-order chi connectivity index (χ1) is 21.7. The molecule has 0 aromatic heterocycles. The van der Waals surface area contributed by atoms with E-state index >= 15 is 0 Å². The van der Waals surface area contributed by atoms with Crippen LogP contribution in [0, 0.1) is 0 Å². The maximum atomic E-state index is 13.2. The topological polar surface area (TPSA) is 105 Å². The van der Waals surface area contributed by atoms with E-state index in [-0.39, 0.29) is 19.0 Å². The summed E-state index contributed by atoms with van der Waals surface area (Å²) >= 11 is 0. The van der Waals surface area contributed by atoms with Crippen molar-refractivity contribution in [3.8, 4) is 0 Å². The van der Waals surface area contributed by atoms with E-state index in [1.165, 1.54) is 58.5 Å². The van der Waals surface area contributed by atoms with Gasteiger partial charge in [0.2, 0.25) is 5.79 Å². The second kappa shape index (κ2) is 17.6. The van der Waals surface area contributed by atoms with E-state index < -0.39 is 36.0 Å². The van der Waals surface area contributed by atoms with Crippen LogP contribution in [-0.2, 0) is 39.6 Å². The van der Waals surface area contributed by atoms with Gasteiger partial charge in [-0.3, -0.25) is 10.1 Å². The van der Waals surface area contributed by atoms with E-state index in [1.54, 1.807) is 24.3 Å². The Hall–Kier alpha value is -2.24. The summed E-state index contributed by atoms with van der Waals surface area (Å²) in [5.41, 5.74) is 1.34. The quantitative estimate of drug-likeness (QED) is 0.133. The molecule has 0 bridgehead atoms. The Morgan fingerprint density at radius 1 is 0.933 bits per heavy atom. The number of benzene rings is 1. The third-order valence-electron chi connectivity index (χ3n) is 8.88. The normalized spacial score (nSPS) is 25.7. The summed E-state index contributed by atoms with van der Waals surface area (Å²) in [6, 6.07) is 7.01. The van der Waals surface area contributed by atoms with Gasteiger partial charge in [-0.15, -0.1) is 0 Å². The Kier molecular flexibility index (Phi) is 13.9. The summed E-state index contributed by atoms with van der Waals surface area (Å²) < 4.78 is 36.4. The number of methoxy groups -OCH3 is 1. The number of nitrogens with one attached hydrogen (secondary N) is 1. The van der Waals surface area contributed by atoms with Crippen molar-refractivity contribution in [2.75, 3.05) is 45.3 Å². The molecule has 1 N–H and O–H groups in total. The number of carbonyl (C=O) groups excluding carboxylic acids is 2. The second-order valence-electron chi connectivity index (χ2n) is 13.2. The lowest BCUT2D eigenvalue weighted by Crippen LogP contribution is -2.46. The van der Waals surface area contributed by atoms with Crippen LogP contribution in [0.5, 0.6) is 0 Å². The number of hydrogen-bond donors (Lipinski definition) is 1. The summed E-state index contributed by atoms with van der Waals surface area (Å²) in [5.74, 6) is -2.40. The lowest BCUT2D eigenvalue weighted by Gasteiger charge is -2.30. The lowest BCUT2D eigenvalue weighted by atomic mass is 10.0. The van der Waals surface area contributed by atoms with Crippen LogP contribution in [0.4, 0.5) is 10.5 Å². The Labute approximate surface area is 269 Å². The molecule has 3 saturated heterocycles. The smallest absolute Gasteiger partial charge is 0.412 e. The van der Waals surface area contributed by atoms with E-state index in [0.29, 0.717) is 18.8 Å². The van der Waals surface area contributed by atoms with Crippen molar-refractivity contribution < 1.29 is 38.0 Å². The molecule has 3 fully saturated rings. The predicted molar refractivity (Wildman–Crippen MR) is 172 cm³/mol. The SMILES string of the molecule is CCCCCCCCCCCCOC[C@@]12O[C@@H](CN3CCCC3)[C@@H](OC(=O)Nc3ccc(CC(=O)OC)cc3)[C@@H]1OC(C)(C)O2. The molecule has 3 heterocycles. The fourth-order valence-corrected chi connectivity index (χ4v) is 6.59. The maximum Gasteiger partial charge on any atom is 0.412 e. The summed E-state index contributed by atoms with van der Waals surface area (Å²) in [4.78, 5) is 27.1. The largest absolute Gasteiger partial charge is 0.469 e. The third kappa shape index (κ3) is 10.9. The number of esters is 1. The van der Waals surface area contributed by atoms with Crippen LogP contribution in [-0.4, -0.2) is 86.8 Å². The van der Waals surface area contributed by atoms with E-state index in [2.05, 4.69) is 17.1 Å². The van der Waals surface area contributed by atoms with Gasteiger partial charge in [-0.1, -0.05) is 76.8 Å². The Morgan fingerprint density at radius 2 is 1.58 bits per heavy atom. The van der Waals surface area contributed by atoms with E-state index in [0.717, 1.165) is 44.3 Å². The highest BCUT2D eigenvalue weighted by Gasteiger charge is 2.66. The van der Waals surface area contributed by atoms with Crippen LogP contribution >= 0.6 is 0 Å². The molecule has 0 saturated carbocycles. The molecule has 1 aromatic carbocycles. The molecule has 0 spiro atoms. The van der Waals surface area contributed by atoms with Crippen LogP contribution in [0.3, 0.4) is 0 Å². The first-order valence-electron chi connectivity index (χ1n) is 17.2. The summed E-state index contributed by atoms with van der Waals surface area (Å²) in [5, 5.41) is 2.81. The van der Waals surface area contributed by atoms with Crippen molar-refractivity contribution in [2.45, 2.75) is 134 Å². The molecule has 1 aromatic rings. The molecule has 0 aliphatic carbocycles. The number of hydrogen-bond acceptors (Lipinski definition) is 9. The first kappa shape index (κ1) is 35.6. The molecular formula is C35H56N2O8. The number of likely N-dealkylation sites (tertiary alicyclic amines) is 1. The number of rotatable bonds is 19. The molecule has 45 heavy (non-hydrogen) atoms. The van der Waals surface area contributed by atoms with Gasteiger partial charge in [0, 0.05) is 18.8 Å². The fraction of sp³-hybridized carbons (Fsp3) is 0.771. The maximum absolute atomic E-state index is 13.2. The van der Waals surface area contributed by atoms with E-state index in [4.69, 9.17) is 28.4 Å². The molecule has 10 nitrogen and oxygen atoms in total. The number of amides is 1. The van der Waals surface area contributed by atoms with Crippen LogP contribution in [0.25, 0.3) is 0 Å². The zero-order chi connectivity index (χ0) is 32.1. The summed E-state index contributed by atoms with van der Waals surface area (Å²) in [6.07, 6.45) is 12.7. The zero-order valence-corrected chi connectivity index (χ0v) is 28.0. The Balaban J connectivity index is 1.31. The average Bonchev–Trinajstić information content (AvgIpc) is 3.68. The number of unbranched alkanes of at least 4 members (excludes halogenated alkanes) is 9. The van der Waals surface area contributed by atoms with Gasteiger partial charge in [0.25, 0.3) is 0 Å². The molecule has 4 rings (SSSR count). The molecule has 3 aliphatic heterocycles. The molecule has 0 unspecified atom stereocenters. The number of anilines is 1. The van der Waals surface area contributed by atoms with Crippen molar-refractivity contribution in [2.24, 2.45) is 0 Å². The van der Waals surface area contributed by atoms with Crippen LogP contribution in [0.1, 0.15) is 103 Å². The van der Waals surface area contributed by atoms with Gasteiger partial charge in [0.05, 0.1) is 13.5 Å². The van der Waals surface area contributed by atoms with Gasteiger partial charge >= 0.3 is 12.1 Å². The van der Waals surface area contributed by atoms with Crippen molar-refractivity contribution in [3.05, 3.63) is 29.8 Å². The predicted octanol–water partition coefficient (Wildman–Crippen LogP) is 6.60. The Bertz CT molecular complexity index is 1040. The van der Waals surface area contributed by atoms with E-state index in [9.17, 15) is 9.59 Å². The molecule has 1 amide bonds. The van der Waals surface area contributed by atoms with Crippen LogP contribution < -0.4 is 5.32 Å². The molecule has 10 heteroatoms. The number of carbonyl (C=O) groups is 2. The van der Waals surface area contributed by atoms with Gasteiger partial charge < -0.3 is 33.3 Å². The minimum absolute atomic E-state index is 0.164. The first-order valence-corrected chi connectivity index (χ1v) is 17.2. The monoisotopic (exact) mass is 632 g/mol. The van der Waals surface area contributed by atoms with Gasteiger partial charge in [0.15, 0.2) is 18.0 Å². The third-order valence-corrected chi connectivity index (χ3v) is 8.88. The zero-order valence-electron chi connectivity index (χ0n) is 28.0. The van der Waals surface area contributed by atoms with E-state index in [1.807, 2.05) is 13.8 Å².